The molecular weight excluding hydrogens is 789 g/mol. The third-order valence-electron chi connectivity index (χ3n) is 13.9. The van der Waals surface area contributed by atoms with Crippen LogP contribution < -0.4 is 10.6 Å². The van der Waals surface area contributed by atoms with Crippen molar-refractivity contribution in [2.45, 2.75) is 75.0 Å². The Morgan fingerprint density at radius 3 is 1.42 bits per heavy atom. The van der Waals surface area contributed by atoms with E-state index in [1.54, 1.807) is 29.8 Å². The number of carboxylic acid groups (broad SMARTS) is 2. The second-order valence-corrected chi connectivity index (χ2v) is 17.8. The summed E-state index contributed by atoms with van der Waals surface area (Å²) in [5.41, 5.74) is 6.53. The van der Waals surface area contributed by atoms with Crippen molar-refractivity contribution in [3.05, 3.63) is 142 Å². The molecule has 4 aromatic carbocycles. The van der Waals surface area contributed by atoms with Gasteiger partial charge in [-0.15, -0.1) is 0 Å². The van der Waals surface area contributed by atoms with Gasteiger partial charge in [0.25, 0.3) is 0 Å². The van der Waals surface area contributed by atoms with E-state index < -0.39 is 40.0 Å². The lowest BCUT2D eigenvalue weighted by atomic mass is 9.92. The van der Waals surface area contributed by atoms with Gasteiger partial charge in [-0.25, -0.2) is 0 Å². The fraction of sp³-hybridized carbons (Fsp3) is 0.400. The molecule has 2 saturated heterocycles. The summed E-state index contributed by atoms with van der Waals surface area (Å²) in [5.74, 6) is -3.48. The van der Waals surface area contributed by atoms with Gasteiger partial charge in [-0.05, 0) is 88.1 Å². The smallest absolute Gasteiger partial charge is 0.317 e. The van der Waals surface area contributed by atoms with Gasteiger partial charge in [0.1, 0.15) is 10.8 Å². The Balaban J connectivity index is 0.000000125. The lowest BCUT2D eigenvalue weighted by Gasteiger charge is -2.15. The highest BCUT2D eigenvalue weighted by molar-refractivity contribution is 6.15. The van der Waals surface area contributed by atoms with Gasteiger partial charge in [0.2, 0.25) is 11.8 Å². The second-order valence-electron chi connectivity index (χ2n) is 17.8. The quantitative estimate of drug-likeness (QED) is 0.124. The van der Waals surface area contributed by atoms with Crippen molar-refractivity contribution in [2.24, 2.45) is 23.7 Å². The maximum Gasteiger partial charge on any atom is 0.317 e. The summed E-state index contributed by atoms with van der Waals surface area (Å²) in [5, 5.41) is 23.9. The average Bonchev–Trinajstić information content (AvgIpc) is 4.16. The standard InChI is InChI=1S/C14H16O4.C12H11NO2.C12H15N.C12H12O4/c1-9-4-6-10(7-5-9)14(13(16)18-3)8-11(14)12(15)17-2;1-7-2-4-8(5-3-7)12-6-9(12)10(14)13-11(12)15;1-9-2-4-10(5-3-9)12-6-11(12)7-13-8-12;1-7-2-4-8(5-3-7)12(11(15)16)6-9(12)10(13)14/h4-7,11H,8H2,1-3H3;2-5,9H,6H2,1H3,(H,13,14,15);2-5,11,13H,6-8H2,1H3;2-5,9H,6H2,1H3,(H,13,14)(H,15,16). The number of nitrogens with one attached hydrogen (secondary N) is 2. The number of carbonyl (C=O) groups is 6. The Kier molecular flexibility index (Phi) is 11.8. The van der Waals surface area contributed by atoms with Gasteiger partial charge in [-0.2, -0.15) is 0 Å². The number of hydrogen-bond donors (Lipinski definition) is 4. The van der Waals surface area contributed by atoms with Gasteiger partial charge >= 0.3 is 23.9 Å². The highest BCUT2D eigenvalue weighted by atomic mass is 16.5. The van der Waals surface area contributed by atoms with E-state index >= 15 is 0 Å². The number of methoxy groups -OCH3 is 2. The Morgan fingerprint density at radius 1 is 0.597 bits per heavy atom. The Bertz CT molecular complexity index is 2400. The zero-order chi connectivity index (χ0) is 44.8. The Hall–Kier alpha value is -6.14. The molecule has 4 aromatic rings. The maximum absolute atomic E-state index is 12.0. The van der Waals surface area contributed by atoms with Gasteiger partial charge in [-0.3, -0.25) is 34.1 Å². The SMILES string of the molecule is COC(=O)C1CC1(C(=O)OC)c1ccc(C)cc1.Cc1ccc(C2(C(=O)O)CC2C(=O)O)cc1.Cc1ccc(C23CC2C(=O)NC3=O)cc1.Cc1ccc(C23CNCC2C3)cc1. The van der Waals surface area contributed by atoms with E-state index in [4.69, 9.17) is 14.6 Å². The van der Waals surface area contributed by atoms with Crippen LogP contribution in [0.25, 0.3) is 0 Å². The van der Waals surface area contributed by atoms with Crippen LogP contribution in [-0.2, 0) is 59.9 Å². The molecule has 12 heteroatoms. The van der Waals surface area contributed by atoms with E-state index in [1.807, 2.05) is 69.3 Å². The number of imide groups is 1. The van der Waals surface area contributed by atoms with Crippen molar-refractivity contribution in [1.82, 2.24) is 10.6 Å². The molecule has 0 radical (unpaired) electrons. The molecule has 324 valence electrons. The van der Waals surface area contributed by atoms with Crippen LogP contribution in [0.1, 0.15) is 70.2 Å². The molecule has 62 heavy (non-hydrogen) atoms. The molecule has 4 aliphatic carbocycles. The third kappa shape index (κ3) is 7.80. The first-order chi connectivity index (χ1) is 29.5. The summed E-state index contributed by atoms with van der Waals surface area (Å²) in [6.45, 7) is 10.5. The summed E-state index contributed by atoms with van der Waals surface area (Å²) in [4.78, 5) is 68.7. The van der Waals surface area contributed by atoms with Crippen molar-refractivity contribution in [3.8, 4) is 0 Å². The molecule has 4 saturated carbocycles. The zero-order valence-corrected chi connectivity index (χ0v) is 36.0. The molecule has 8 unspecified atom stereocenters. The Labute approximate surface area is 361 Å². The number of hydrogen-bond acceptors (Lipinski definition) is 9. The first kappa shape index (κ1) is 43.9. The summed E-state index contributed by atoms with van der Waals surface area (Å²) in [6, 6.07) is 31.5. The number of fused-ring (bicyclic) bond motifs is 2. The van der Waals surface area contributed by atoms with E-state index in [2.05, 4.69) is 41.8 Å². The lowest BCUT2D eigenvalue weighted by molar-refractivity contribution is -0.149. The van der Waals surface area contributed by atoms with Gasteiger partial charge in [0.05, 0.1) is 37.4 Å². The van der Waals surface area contributed by atoms with Crippen LogP contribution in [0.2, 0.25) is 0 Å². The van der Waals surface area contributed by atoms with Crippen LogP contribution >= 0.6 is 0 Å². The number of esters is 2. The number of carboxylic acids is 2. The van der Waals surface area contributed by atoms with Crippen LogP contribution in [0.3, 0.4) is 0 Å². The number of amides is 2. The van der Waals surface area contributed by atoms with Crippen LogP contribution in [-0.4, -0.2) is 73.2 Å². The average molecular weight is 843 g/mol. The first-order valence-electron chi connectivity index (χ1n) is 21.0. The monoisotopic (exact) mass is 842 g/mol. The van der Waals surface area contributed by atoms with Gasteiger partial charge in [0, 0.05) is 12.0 Å². The van der Waals surface area contributed by atoms with Crippen LogP contribution in [0.4, 0.5) is 0 Å². The van der Waals surface area contributed by atoms with Crippen molar-refractivity contribution >= 4 is 35.7 Å². The minimum atomic E-state index is -1.21. The summed E-state index contributed by atoms with van der Waals surface area (Å²) in [6.07, 6.45) is 2.72. The lowest BCUT2D eigenvalue weighted by Crippen LogP contribution is -2.30. The zero-order valence-electron chi connectivity index (χ0n) is 36.0. The molecule has 12 nitrogen and oxygen atoms in total. The van der Waals surface area contributed by atoms with Gasteiger partial charge < -0.3 is 25.0 Å². The molecule has 0 spiro atoms. The number of benzene rings is 4. The third-order valence-corrected chi connectivity index (χ3v) is 13.9. The summed E-state index contributed by atoms with van der Waals surface area (Å²) in [7, 11) is 2.67. The highest BCUT2D eigenvalue weighted by Crippen LogP contribution is 2.59. The molecule has 2 heterocycles. The maximum atomic E-state index is 12.0. The largest absolute Gasteiger partial charge is 0.481 e. The topological polar surface area (TPSA) is 185 Å². The predicted molar refractivity (Wildman–Crippen MR) is 229 cm³/mol. The van der Waals surface area contributed by atoms with E-state index in [1.165, 1.54) is 39.3 Å². The molecule has 0 bridgehead atoms. The molecule has 10 rings (SSSR count). The number of aliphatic carboxylic acids is 2. The minimum absolute atomic E-state index is 0.111. The predicted octanol–water partition coefficient (Wildman–Crippen LogP) is 5.79. The normalized spacial score (nSPS) is 29.8. The fourth-order valence-electron chi connectivity index (χ4n) is 9.59. The number of piperidine rings is 2. The molecule has 2 aliphatic heterocycles. The van der Waals surface area contributed by atoms with Crippen molar-refractivity contribution in [1.29, 1.82) is 0 Å². The van der Waals surface area contributed by atoms with Crippen LogP contribution in [0.15, 0.2) is 97.1 Å². The molecule has 6 aliphatic rings. The fourth-order valence-corrected chi connectivity index (χ4v) is 9.59. The summed E-state index contributed by atoms with van der Waals surface area (Å²) < 4.78 is 9.56. The number of rotatable bonds is 8. The first-order valence-corrected chi connectivity index (χ1v) is 21.0. The van der Waals surface area contributed by atoms with E-state index in [9.17, 15) is 33.9 Å². The number of aryl methyl sites for hydroxylation is 4. The summed E-state index contributed by atoms with van der Waals surface area (Å²) >= 11 is 0. The molecule has 0 aromatic heterocycles. The van der Waals surface area contributed by atoms with Crippen molar-refractivity contribution in [3.63, 3.8) is 0 Å². The number of carbonyl (C=O) groups excluding carboxylic acids is 4. The van der Waals surface area contributed by atoms with E-state index in [0.717, 1.165) is 33.7 Å². The van der Waals surface area contributed by atoms with Gasteiger partial charge in [0.15, 0.2) is 0 Å². The molecule has 4 N–H and O–H groups in total. The molecular formula is C50H54N2O10. The Morgan fingerprint density at radius 2 is 1.06 bits per heavy atom. The number of ether oxygens (including phenoxy) is 2. The molecule has 8 atom stereocenters. The second kappa shape index (κ2) is 16.6. The molecule has 6 fully saturated rings. The minimum Gasteiger partial charge on any atom is -0.481 e. The van der Waals surface area contributed by atoms with Crippen LogP contribution in [0.5, 0.6) is 0 Å². The van der Waals surface area contributed by atoms with Gasteiger partial charge in [-0.1, -0.05) is 119 Å². The van der Waals surface area contributed by atoms with E-state index in [-0.39, 0.29) is 36.1 Å². The highest BCUT2D eigenvalue weighted by Gasteiger charge is 2.70. The van der Waals surface area contributed by atoms with Crippen molar-refractivity contribution in [2.75, 3.05) is 27.3 Å². The van der Waals surface area contributed by atoms with E-state index in [0.29, 0.717) is 23.8 Å². The molecule has 2 amide bonds. The van der Waals surface area contributed by atoms with Crippen molar-refractivity contribution < 1.29 is 48.5 Å². The van der Waals surface area contributed by atoms with Crippen LogP contribution in [0, 0.1) is 51.4 Å².